The molecule has 0 aromatic carbocycles. The number of carboxylic acids is 2. The average Bonchev–Trinajstić information content (AvgIpc) is 2.33. The monoisotopic (exact) mass is 396 g/mol. The molecular formula is C14H22F6N2O4. The van der Waals surface area contributed by atoms with Gasteiger partial charge in [0.15, 0.2) is 0 Å². The van der Waals surface area contributed by atoms with E-state index in [0.717, 1.165) is 11.3 Å². The fraction of sp³-hybridized carbons (Fsp3) is 0.857. The molecule has 3 N–H and O–H groups in total. The van der Waals surface area contributed by atoms with Gasteiger partial charge in [-0.1, -0.05) is 0 Å². The summed E-state index contributed by atoms with van der Waals surface area (Å²) in [5, 5.41) is 17.6. The van der Waals surface area contributed by atoms with Crippen LogP contribution in [0.25, 0.3) is 0 Å². The topological polar surface area (TPSA) is 89.9 Å². The van der Waals surface area contributed by atoms with E-state index in [4.69, 9.17) is 19.8 Å². The molecule has 12 heteroatoms. The molecule has 0 atom stereocenters. The highest BCUT2D eigenvalue weighted by Gasteiger charge is 2.47. The molecule has 0 bridgehead atoms. The third kappa shape index (κ3) is 9.22. The van der Waals surface area contributed by atoms with Crippen molar-refractivity contribution in [2.75, 3.05) is 33.7 Å². The molecule has 26 heavy (non-hydrogen) atoms. The lowest BCUT2D eigenvalue weighted by atomic mass is 9.58. The summed E-state index contributed by atoms with van der Waals surface area (Å²) in [6.07, 6.45) is -5.77. The van der Waals surface area contributed by atoms with Gasteiger partial charge in [0.2, 0.25) is 0 Å². The lowest BCUT2D eigenvalue weighted by molar-refractivity contribution is -0.193. The van der Waals surface area contributed by atoms with Gasteiger partial charge in [0, 0.05) is 13.1 Å². The Hall–Kier alpha value is -1.56. The summed E-state index contributed by atoms with van der Waals surface area (Å²) >= 11 is 0. The zero-order valence-corrected chi connectivity index (χ0v) is 14.2. The highest BCUT2D eigenvalue weighted by molar-refractivity contribution is 5.73. The molecule has 154 valence electrons. The predicted octanol–water partition coefficient (Wildman–Crippen LogP) is 2.20. The van der Waals surface area contributed by atoms with Crippen molar-refractivity contribution in [1.29, 1.82) is 0 Å². The minimum atomic E-state index is -5.08. The molecule has 1 saturated heterocycles. The Morgan fingerprint density at radius 3 is 1.54 bits per heavy atom. The Labute approximate surface area is 146 Å². The second-order valence-corrected chi connectivity index (χ2v) is 6.58. The maximum Gasteiger partial charge on any atom is 0.490 e. The van der Waals surface area contributed by atoms with Crippen LogP contribution < -0.4 is 5.32 Å². The summed E-state index contributed by atoms with van der Waals surface area (Å²) in [6, 6.07) is 0. The van der Waals surface area contributed by atoms with Crippen LogP contribution >= 0.6 is 0 Å². The van der Waals surface area contributed by atoms with Crippen LogP contribution in [0.15, 0.2) is 0 Å². The van der Waals surface area contributed by atoms with Gasteiger partial charge in [-0.05, 0) is 51.2 Å². The summed E-state index contributed by atoms with van der Waals surface area (Å²) in [6.45, 7) is 3.87. The number of carboxylic acid groups (broad SMARTS) is 2. The van der Waals surface area contributed by atoms with Crippen molar-refractivity contribution < 1.29 is 46.1 Å². The SMILES string of the molecule is CN(C)CCC1CC2(CNC2)C1.O=C(O)C(F)(F)F.O=C(O)C(F)(F)F. The minimum Gasteiger partial charge on any atom is -0.475 e. The predicted molar refractivity (Wildman–Crippen MR) is 78.6 cm³/mol. The van der Waals surface area contributed by atoms with Crippen LogP contribution in [0.4, 0.5) is 26.3 Å². The van der Waals surface area contributed by atoms with Gasteiger partial charge in [0.1, 0.15) is 0 Å². The molecule has 2 fully saturated rings. The van der Waals surface area contributed by atoms with E-state index >= 15 is 0 Å². The van der Waals surface area contributed by atoms with E-state index in [0.29, 0.717) is 0 Å². The third-order valence-corrected chi connectivity index (χ3v) is 3.91. The third-order valence-electron chi connectivity index (χ3n) is 3.91. The van der Waals surface area contributed by atoms with E-state index in [1.165, 1.54) is 38.9 Å². The van der Waals surface area contributed by atoms with Crippen molar-refractivity contribution in [3.8, 4) is 0 Å². The van der Waals surface area contributed by atoms with Gasteiger partial charge in [-0.25, -0.2) is 9.59 Å². The fourth-order valence-electron chi connectivity index (χ4n) is 2.58. The Morgan fingerprint density at radius 2 is 1.35 bits per heavy atom. The number of alkyl halides is 6. The number of hydrogen-bond donors (Lipinski definition) is 3. The van der Waals surface area contributed by atoms with Gasteiger partial charge < -0.3 is 20.4 Å². The normalized spacial score (nSPS) is 18.7. The van der Waals surface area contributed by atoms with Crippen LogP contribution in [0.3, 0.4) is 0 Å². The van der Waals surface area contributed by atoms with Gasteiger partial charge in [0.25, 0.3) is 0 Å². The van der Waals surface area contributed by atoms with Crippen LogP contribution in [0.5, 0.6) is 0 Å². The Kier molecular flexibility index (Phi) is 8.83. The maximum absolute atomic E-state index is 10.6. The maximum atomic E-state index is 10.6. The lowest BCUT2D eigenvalue weighted by Gasteiger charge is -2.54. The molecule has 0 amide bonds. The second-order valence-electron chi connectivity index (χ2n) is 6.58. The van der Waals surface area contributed by atoms with Gasteiger partial charge in [0.05, 0.1) is 0 Å². The van der Waals surface area contributed by atoms with Gasteiger partial charge in [-0.3, -0.25) is 0 Å². The number of aliphatic carboxylic acids is 2. The number of nitrogens with zero attached hydrogens (tertiary/aromatic N) is 1. The van der Waals surface area contributed by atoms with Crippen molar-refractivity contribution in [3.05, 3.63) is 0 Å². The van der Waals surface area contributed by atoms with Gasteiger partial charge >= 0.3 is 24.3 Å². The van der Waals surface area contributed by atoms with Crippen molar-refractivity contribution in [3.63, 3.8) is 0 Å². The van der Waals surface area contributed by atoms with Crippen molar-refractivity contribution in [2.45, 2.75) is 31.6 Å². The first-order valence-electron chi connectivity index (χ1n) is 7.55. The molecule has 2 aliphatic rings. The molecule has 0 aromatic rings. The second kappa shape index (κ2) is 9.40. The average molecular weight is 396 g/mol. The number of halogens is 6. The highest BCUT2D eigenvalue weighted by Crippen LogP contribution is 2.49. The van der Waals surface area contributed by atoms with Crippen molar-refractivity contribution in [1.82, 2.24) is 10.2 Å². The highest BCUT2D eigenvalue weighted by atomic mass is 19.4. The molecule has 1 aliphatic carbocycles. The smallest absolute Gasteiger partial charge is 0.475 e. The molecule has 0 unspecified atom stereocenters. The van der Waals surface area contributed by atoms with E-state index in [1.807, 2.05) is 0 Å². The van der Waals surface area contributed by atoms with E-state index in [-0.39, 0.29) is 0 Å². The fourth-order valence-corrected chi connectivity index (χ4v) is 2.58. The molecule has 1 saturated carbocycles. The number of hydrogen-bond acceptors (Lipinski definition) is 4. The standard InChI is InChI=1S/C10H20N2.2C2HF3O2/c1-12(2)4-3-9-5-10(6-9)7-11-8-10;2*3-2(4,5)1(6)7/h9,11H,3-8H2,1-2H3;2*(H,6,7). The molecule has 1 spiro atoms. The number of rotatable bonds is 3. The summed E-state index contributed by atoms with van der Waals surface area (Å²) in [5.41, 5.74) is 0.775. The zero-order valence-electron chi connectivity index (χ0n) is 14.2. The number of carbonyl (C=O) groups is 2. The molecule has 6 nitrogen and oxygen atoms in total. The summed E-state index contributed by atoms with van der Waals surface area (Å²) in [5.74, 6) is -4.48. The number of nitrogens with one attached hydrogen (secondary N) is 1. The first kappa shape index (κ1) is 24.4. The van der Waals surface area contributed by atoms with E-state index in [2.05, 4.69) is 24.3 Å². The van der Waals surface area contributed by atoms with Crippen LogP contribution in [0.2, 0.25) is 0 Å². The largest absolute Gasteiger partial charge is 0.490 e. The molecule has 1 heterocycles. The van der Waals surface area contributed by atoms with Crippen LogP contribution in [0, 0.1) is 11.3 Å². The van der Waals surface area contributed by atoms with Crippen molar-refractivity contribution >= 4 is 11.9 Å². The first-order chi connectivity index (χ1) is 11.6. The zero-order chi connectivity index (χ0) is 20.8. The van der Waals surface area contributed by atoms with E-state index in [1.54, 1.807) is 0 Å². The van der Waals surface area contributed by atoms with E-state index < -0.39 is 24.3 Å². The van der Waals surface area contributed by atoms with Crippen LogP contribution in [-0.4, -0.2) is 73.1 Å². The van der Waals surface area contributed by atoms with Crippen LogP contribution in [-0.2, 0) is 9.59 Å². The molecular weight excluding hydrogens is 374 g/mol. The summed E-state index contributed by atoms with van der Waals surface area (Å²) < 4.78 is 63.5. The molecule has 0 radical (unpaired) electrons. The molecule has 0 aromatic heterocycles. The summed E-state index contributed by atoms with van der Waals surface area (Å²) in [4.78, 5) is 20.1. The van der Waals surface area contributed by atoms with Crippen LogP contribution in [0.1, 0.15) is 19.3 Å². The Bertz CT molecular complexity index is 443. The van der Waals surface area contributed by atoms with Crippen molar-refractivity contribution in [2.24, 2.45) is 11.3 Å². The van der Waals surface area contributed by atoms with Gasteiger partial charge in [-0.15, -0.1) is 0 Å². The lowest BCUT2D eigenvalue weighted by Crippen LogP contribution is -2.60. The Balaban J connectivity index is 0.000000390. The van der Waals surface area contributed by atoms with E-state index in [9.17, 15) is 26.3 Å². The quantitative estimate of drug-likeness (QED) is 0.634. The summed E-state index contributed by atoms with van der Waals surface area (Å²) in [7, 11) is 4.33. The molecule has 1 aliphatic heterocycles. The first-order valence-corrected chi connectivity index (χ1v) is 7.55. The Morgan fingerprint density at radius 1 is 1.00 bits per heavy atom. The minimum absolute atomic E-state index is 0.775. The van der Waals surface area contributed by atoms with Gasteiger partial charge in [-0.2, -0.15) is 26.3 Å². The molecule has 2 rings (SSSR count).